The number of hydrogen-bond acceptors (Lipinski definition) is 5. The maximum Gasteiger partial charge on any atom is 0.164 e. The number of aryl methyl sites for hydroxylation is 1. The zero-order valence-corrected chi connectivity index (χ0v) is 18.2. The first-order valence-corrected chi connectivity index (χ1v) is 11.2. The van der Waals surface area contributed by atoms with E-state index >= 15 is 0 Å². The van der Waals surface area contributed by atoms with Crippen LogP contribution in [0.2, 0.25) is 0 Å². The second-order valence-corrected chi connectivity index (χ2v) is 8.71. The summed E-state index contributed by atoms with van der Waals surface area (Å²) in [6.07, 6.45) is 3.65. The third-order valence-electron chi connectivity index (χ3n) is 5.53. The van der Waals surface area contributed by atoms with E-state index in [2.05, 4.69) is 82.8 Å². The Bertz CT molecular complexity index is 1570. The van der Waals surface area contributed by atoms with Crippen molar-refractivity contribution in [1.29, 1.82) is 0 Å². The summed E-state index contributed by atoms with van der Waals surface area (Å²) in [4.78, 5) is 18.4. The van der Waals surface area contributed by atoms with Gasteiger partial charge < -0.3 is 0 Å². The Morgan fingerprint density at radius 1 is 0.625 bits per heavy atom. The minimum atomic E-state index is 0.682. The number of nitrogens with zero attached hydrogens (tertiary/aromatic N) is 4. The Balaban J connectivity index is 1.48. The topological polar surface area (TPSA) is 51.6 Å². The SMILES string of the molecule is Cc1nc(-c2ccc(-c3cccnc3)cc2)nc(-c2cccc3sc4ccccc4c23)n1. The van der Waals surface area contributed by atoms with Crippen LogP contribution in [0.5, 0.6) is 0 Å². The van der Waals surface area contributed by atoms with Gasteiger partial charge in [0.05, 0.1) is 0 Å². The minimum Gasteiger partial charge on any atom is -0.264 e. The van der Waals surface area contributed by atoms with E-state index in [1.54, 1.807) is 17.5 Å². The molecule has 0 unspecified atom stereocenters. The van der Waals surface area contributed by atoms with Crippen molar-refractivity contribution in [3.05, 3.63) is 97.1 Å². The first kappa shape index (κ1) is 18.8. The van der Waals surface area contributed by atoms with Gasteiger partial charge in [-0.25, -0.2) is 15.0 Å². The van der Waals surface area contributed by atoms with Gasteiger partial charge in [0.25, 0.3) is 0 Å². The van der Waals surface area contributed by atoms with Gasteiger partial charge in [-0.3, -0.25) is 4.98 Å². The average molecular weight is 431 g/mol. The molecule has 0 saturated carbocycles. The number of benzene rings is 3. The maximum atomic E-state index is 4.88. The van der Waals surface area contributed by atoms with Crippen molar-refractivity contribution in [2.45, 2.75) is 6.92 Å². The van der Waals surface area contributed by atoms with Crippen molar-refractivity contribution in [2.24, 2.45) is 0 Å². The summed E-state index contributed by atoms with van der Waals surface area (Å²) < 4.78 is 2.51. The second-order valence-electron chi connectivity index (χ2n) is 7.63. The molecule has 3 aromatic carbocycles. The molecular formula is C27H18N4S. The summed E-state index contributed by atoms with van der Waals surface area (Å²) in [5.41, 5.74) is 4.20. The lowest BCUT2D eigenvalue weighted by Gasteiger charge is -2.08. The monoisotopic (exact) mass is 430 g/mol. The summed E-state index contributed by atoms with van der Waals surface area (Å²) in [5, 5.41) is 2.44. The molecule has 0 fully saturated rings. The van der Waals surface area contributed by atoms with Crippen LogP contribution in [0, 0.1) is 6.92 Å². The molecule has 3 aromatic heterocycles. The van der Waals surface area contributed by atoms with Crippen molar-refractivity contribution >= 4 is 31.5 Å². The average Bonchev–Trinajstić information content (AvgIpc) is 3.23. The van der Waals surface area contributed by atoms with Crippen molar-refractivity contribution in [3.63, 3.8) is 0 Å². The lowest BCUT2D eigenvalue weighted by Crippen LogP contribution is -1.99. The van der Waals surface area contributed by atoms with Crippen LogP contribution in [0.1, 0.15) is 5.82 Å². The molecule has 0 aliphatic rings. The lowest BCUT2D eigenvalue weighted by atomic mass is 10.0. The first-order chi connectivity index (χ1) is 15.8. The van der Waals surface area contributed by atoms with Crippen LogP contribution in [-0.2, 0) is 0 Å². The molecule has 6 aromatic rings. The zero-order valence-electron chi connectivity index (χ0n) is 17.4. The van der Waals surface area contributed by atoms with Crippen molar-refractivity contribution in [2.75, 3.05) is 0 Å². The van der Waals surface area contributed by atoms with Gasteiger partial charge in [0.1, 0.15) is 5.82 Å². The van der Waals surface area contributed by atoms with E-state index in [4.69, 9.17) is 9.97 Å². The number of fused-ring (bicyclic) bond motifs is 3. The highest BCUT2D eigenvalue weighted by atomic mass is 32.1. The summed E-state index contributed by atoms with van der Waals surface area (Å²) in [7, 11) is 0. The van der Waals surface area contributed by atoms with E-state index in [-0.39, 0.29) is 0 Å². The number of aromatic nitrogens is 4. The van der Waals surface area contributed by atoms with Gasteiger partial charge in [-0.1, -0.05) is 60.7 Å². The number of hydrogen-bond donors (Lipinski definition) is 0. The highest BCUT2D eigenvalue weighted by Crippen LogP contribution is 2.39. The summed E-state index contributed by atoms with van der Waals surface area (Å²) in [5.74, 6) is 2.10. The molecule has 0 aliphatic carbocycles. The molecule has 0 N–H and O–H groups in total. The van der Waals surface area contributed by atoms with Crippen molar-refractivity contribution in [3.8, 4) is 33.9 Å². The van der Waals surface area contributed by atoms with Gasteiger partial charge >= 0.3 is 0 Å². The van der Waals surface area contributed by atoms with Gasteiger partial charge in [-0.2, -0.15) is 0 Å². The quantitative estimate of drug-likeness (QED) is 0.305. The van der Waals surface area contributed by atoms with Gasteiger partial charge in [0.2, 0.25) is 0 Å². The standard InChI is InChI=1S/C27H18N4S/c1-17-29-26(19-13-11-18(12-14-19)20-6-5-15-28-16-20)31-27(30-17)22-8-4-10-24-25(22)21-7-2-3-9-23(21)32-24/h2-16H,1H3. The Labute approximate surface area is 189 Å². The molecule has 0 atom stereocenters. The Morgan fingerprint density at radius 3 is 2.25 bits per heavy atom. The smallest absolute Gasteiger partial charge is 0.164 e. The second kappa shape index (κ2) is 7.62. The van der Waals surface area contributed by atoms with Crippen LogP contribution in [0.15, 0.2) is 91.3 Å². The van der Waals surface area contributed by atoms with E-state index in [0.717, 1.165) is 22.3 Å². The largest absolute Gasteiger partial charge is 0.264 e. The Morgan fingerprint density at radius 2 is 1.41 bits per heavy atom. The van der Waals surface area contributed by atoms with Crippen LogP contribution in [0.4, 0.5) is 0 Å². The molecule has 4 nitrogen and oxygen atoms in total. The summed E-state index contributed by atoms with van der Waals surface area (Å²) in [6, 6.07) is 27.1. The third kappa shape index (κ3) is 3.24. The lowest BCUT2D eigenvalue weighted by molar-refractivity contribution is 0.993. The summed E-state index contributed by atoms with van der Waals surface area (Å²) in [6.45, 7) is 1.92. The molecule has 5 heteroatoms. The molecule has 3 heterocycles. The molecule has 32 heavy (non-hydrogen) atoms. The fourth-order valence-electron chi connectivity index (χ4n) is 4.04. The predicted octanol–water partition coefficient (Wildman–Crippen LogP) is 6.94. The highest BCUT2D eigenvalue weighted by Gasteiger charge is 2.15. The van der Waals surface area contributed by atoms with Crippen molar-refractivity contribution in [1.82, 2.24) is 19.9 Å². The fourth-order valence-corrected chi connectivity index (χ4v) is 5.17. The molecule has 0 aliphatic heterocycles. The molecule has 0 saturated heterocycles. The van der Waals surface area contributed by atoms with Crippen LogP contribution >= 0.6 is 11.3 Å². The van der Waals surface area contributed by atoms with Gasteiger partial charge in [0, 0.05) is 43.7 Å². The van der Waals surface area contributed by atoms with Gasteiger partial charge in [-0.15, -0.1) is 11.3 Å². The zero-order chi connectivity index (χ0) is 21.5. The Hall–Kier alpha value is -3.96. The van der Waals surface area contributed by atoms with E-state index < -0.39 is 0 Å². The Kier molecular flexibility index (Phi) is 4.47. The van der Waals surface area contributed by atoms with Crippen molar-refractivity contribution < 1.29 is 0 Å². The van der Waals surface area contributed by atoms with E-state index in [0.29, 0.717) is 17.5 Å². The molecule has 0 spiro atoms. The van der Waals surface area contributed by atoms with Gasteiger partial charge in [0.15, 0.2) is 11.6 Å². The van der Waals surface area contributed by atoms with E-state index in [9.17, 15) is 0 Å². The normalized spacial score (nSPS) is 11.3. The van der Waals surface area contributed by atoms with Gasteiger partial charge in [-0.05, 0) is 36.2 Å². The number of pyridine rings is 1. The molecule has 152 valence electrons. The van der Waals surface area contributed by atoms with Crippen LogP contribution in [0.25, 0.3) is 54.1 Å². The first-order valence-electron chi connectivity index (χ1n) is 10.4. The molecule has 6 rings (SSSR count). The predicted molar refractivity (Wildman–Crippen MR) is 132 cm³/mol. The maximum absolute atomic E-state index is 4.88. The van der Waals surface area contributed by atoms with E-state index in [1.165, 1.54) is 20.2 Å². The molecular weight excluding hydrogens is 412 g/mol. The third-order valence-corrected chi connectivity index (χ3v) is 6.66. The number of rotatable bonds is 3. The summed E-state index contributed by atoms with van der Waals surface area (Å²) >= 11 is 1.80. The minimum absolute atomic E-state index is 0.682. The van der Waals surface area contributed by atoms with E-state index in [1.807, 2.05) is 19.2 Å². The van der Waals surface area contributed by atoms with Crippen LogP contribution < -0.4 is 0 Å². The highest BCUT2D eigenvalue weighted by molar-refractivity contribution is 7.25. The van der Waals surface area contributed by atoms with Crippen LogP contribution in [-0.4, -0.2) is 19.9 Å². The number of thiophene rings is 1. The molecule has 0 bridgehead atoms. The fraction of sp³-hybridized carbons (Fsp3) is 0.0370. The molecule has 0 amide bonds. The molecule has 0 radical (unpaired) electrons. The van der Waals surface area contributed by atoms with Crippen LogP contribution in [0.3, 0.4) is 0 Å².